The molecule has 0 N–H and O–H groups in total. The van der Waals surface area contributed by atoms with Crippen LogP contribution in [-0.4, -0.2) is 5.88 Å². The number of allylic oxidation sites excluding steroid dienone is 1. The first-order chi connectivity index (χ1) is 7.45. The van der Waals surface area contributed by atoms with Crippen molar-refractivity contribution in [2.24, 2.45) is 0 Å². The maximum absolute atomic E-state index is 12.3. The van der Waals surface area contributed by atoms with E-state index in [2.05, 4.69) is 15.9 Å². The van der Waals surface area contributed by atoms with Gasteiger partial charge in [-0.1, -0.05) is 34.1 Å². The summed E-state index contributed by atoms with van der Waals surface area (Å²) in [6.45, 7) is 0. The van der Waals surface area contributed by atoms with E-state index in [1.54, 1.807) is 6.08 Å². The van der Waals surface area contributed by atoms with Gasteiger partial charge in [-0.2, -0.15) is 13.2 Å². The van der Waals surface area contributed by atoms with E-state index in [0.717, 1.165) is 12.1 Å². The van der Waals surface area contributed by atoms with Crippen LogP contribution in [0.25, 0.3) is 6.08 Å². The molecule has 0 bridgehead atoms. The second-order valence-corrected chi connectivity index (χ2v) is 4.35. The molecule has 1 rings (SSSR count). The van der Waals surface area contributed by atoms with E-state index in [4.69, 9.17) is 11.6 Å². The van der Waals surface area contributed by atoms with Gasteiger partial charge in [-0.25, -0.2) is 0 Å². The lowest BCUT2D eigenvalue weighted by atomic mass is 10.1. The van der Waals surface area contributed by atoms with Crippen LogP contribution in [0.5, 0.6) is 0 Å². The second-order valence-electron chi connectivity index (χ2n) is 3.11. The van der Waals surface area contributed by atoms with Crippen LogP contribution >= 0.6 is 27.5 Å². The molecule has 0 aliphatic heterocycles. The van der Waals surface area contributed by atoms with Crippen LogP contribution in [0.4, 0.5) is 13.2 Å². The lowest BCUT2D eigenvalue weighted by Gasteiger charge is -2.08. The molecule has 1 aromatic rings. The van der Waals surface area contributed by atoms with E-state index in [1.165, 1.54) is 6.07 Å². The Morgan fingerprint density at radius 2 is 2.00 bits per heavy atom. The highest BCUT2D eigenvalue weighted by Crippen LogP contribution is 2.32. The third kappa shape index (κ3) is 3.83. The first-order valence-corrected chi connectivity index (χ1v) is 5.87. The fraction of sp³-hybridized carbons (Fsp3) is 0.273. The fourth-order valence-corrected chi connectivity index (χ4v) is 1.75. The molecule has 0 saturated carbocycles. The number of halogens is 5. The highest BCUT2D eigenvalue weighted by atomic mass is 79.9. The summed E-state index contributed by atoms with van der Waals surface area (Å²) in [6, 6.07) is 3.56. The molecule has 0 aliphatic carbocycles. The van der Waals surface area contributed by atoms with Crippen molar-refractivity contribution in [3.63, 3.8) is 0 Å². The summed E-state index contributed by atoms with van der Waals surface area (Å²) in [5.74, 6) is 0.495. The minimum Gasteiger partial charge on any atom is -0.166 e. The summed E-state index contributed by atoms with van der Waals surface area (Å²) in [5, 5.41) is 0. The molecule has 0 aliphatic rings. The first-order valence-electron chi connectivity index (χ1n) is 4.54. The minimum atomic E-state index is -4.30. The molecule has 0 saturated heterocycles. The molecular formula is C11H9BrClF3. The van der Waals surface area contributed by atoms with E-state index in [0.29, 0.717) is 22.3 Å². The maximum atomic E-state index is 12.3. The molecule has 0 atom stereocenters. The van der Waals surface area contributed by atoms with Crippen molar-refractivity contribution in [2.75, 3.05) is 5.88 Å². The van der Waals surface area contributed by atoms with Crippen molar-refractivity contribution in [1.82, 2.24) is 0 Å². The Labute approximate surface area is 105 Å². The topological polar surface area (TPSA) is 0 Å². The number of hydrogen-bond acceptors (Lipinski definition) is 0. The fourth-order valence-electron chi connectivity index (χ4n) is 1.11. The summed E-state index contributed by atoms with van der Waals surface area (Å²) in [6.07, 6.45) is -0.0527. The Bertz CT molecular complexity index is 385. The van der Waals surface area contributed by atoms with E-state index in [9.17, 15) is 13.2 Å². The zero-order chi connectivity index (χ0) is 12.2. The predicted molar refractivity (Wildman–Crippen MR) is 63.5 cm³/mol. The molecule has 88 valence electrons. The van der Waals surface area contributed by atoms with Crippen LogP contribution in [-0.2, 0) is 6.18 Å². The quantitative estimate of drug-likeness (QED) is 0.680. The smallest absolute Gasteiger partial charge is 0.166 e. The van der Waals surface area contributed by atoms with Gasteiger partial charge in [-0.05, 0) is 24.1 Å². The summed E-state index contributed by atoms with van der Waals surface area (Å²) in [5.41, 5.74) is 0.0481. The van der Waals surface area contributed by atoms with Crippen LogP contribution in [0.1, 0.15) is 17.5 Å². The normalized spacial score (nSPS) is 12.3. The van der Waals surface area contributed by atoms with Crippen molar-refractivity contribution < 1.29 is 13.2 Å². The first kappa shape index (κ1) is 13.6. The maximum Gasteiger partial charge on any atom is 0.416 e. The van der Waals surface area contributed by atoms with Gasteiger partial charge in [0.05, 0.1) is 5.56 Å². The second kappa shape index (κ2) is 5.73. The molecule has 0 heterocycles. The van der Waals surface area contributed by atoms with E-state index in [-0.39, 0.29) is 0 Å². The molecule has 5 heteroatoms. The Balaban J connectivity index is 2.92. The average Bonchev–Trinajstić information content (AvgIpc) is 2.19. The number of alkyl halides is 4. The Kier molecular flexibility index (Phi) is 4.87. The largest absolute Gasteiger partial charge is 0.416 e. The predicted octanol–water partition coefficient (Wildman–Crippen LogP) is 5.11. The van der Waals surface area contributed by atoms with Crippen LogP contribution in [0, 0.1) is 0 Å². The Morgan fingerprint density at radius 1 is 1.31 bits per heavy atom. The number of hydrogen-bond donors (Lipinski definition) is 0. The summed E-state index contributed by atoms with van der Waals surface area (Å²) in [4.78, 5) is 0. The van der Waals surface area contributed by atoms with Gasteiger partial charge in [-0.3, -0.25) is 0 Å². The molecule has 0 fully saturated rings. The lowest BCUT2D eigenvalue weighted by molar-refractivity contribution is -0.137. The van der Waals surface area contributed by atoms with Gasteiger partial charge in [-0.15, -0.1) is 11.6 Å². The molecule has 0 amide bonds. The molecule has 16 heavy (non-hydrogen) atoms. The summed E-state index contributed by atoms with van der Waals surface area (Å²) >= 11 is 8.59. The van der Waals surface area contributed by atoms with Gasteiger partial charge >= 0.3 is 6.18 Å². The van der Waals surface area contributed by atoms with Gasteiger partial charge in [0.15, 0.2) is 0 Å². The molecule has 0 nitrogen and oxygen atoms in total. The van der Waals surface area contributed by atoms with Crippen molar-refractivity contribution in [2.45, 2.75) is 12.6 Å². The monoisotopic (exact) mass is 312 g/mol. The van der Waals surface area contributed by atoms with Crippen molar-refractivity contribution in [1.29, 1.82) is 0 Å². The Hall–Kier alpha value is -0.480. The third-order valence-corrected chi connectivity index (χ3v) is 2.81. The zero-order valence-electron chi connectivity index (χ0n) is 8.19. The summed E-state index contributed by atoms with van der Waals surface area (Å²) < 4.78 is 37.5. The van der Waals surface area contributed by atoms with Crippen LogP contribution in [0.15, 0.2) is 28.7 Å². The number of rotatable bonds is 3. The molecular weight excluding hydrogens is 304 g/mol. The van der Waals surface area contributed by atoms with Gasteiger partial charge in [0.25, 0.3) is 0 Å². The van der Waals surface area contributed by atoms with Crippen LogP contribution in [0.3, 0.4) is 0 Å². The standard InChI is InChI=1S/C11H9BrClF3/c12-10-7-9(11(14,15)16)5-4-8(10)3-1-2-6-13/h1,3-5,7H,2,6H2. The van der Waals surface area contributed by atoms with Crippen molar-refractivity contribution >= 4 is 33.6 Å². The molecule has 0 unspecified atom stereocenters. The Morgan fingerprint density at radius 3 is 2.50 bits per heavy atom. The highest BCUT2D eigenvalue weighted by molar-refractivity contribution is 9.10. The number of benzene rings is 1. The van der Waals surface area contributed by atoms with E-state index >= 15 is 0 Å². The van der Waals surface area contributed by atoms with E-state index in [1.807, 2.05) is 6.08 Å². The summed E-state index contributed by atoms with van der Waals surface area (Å²) in [7, 11) is 0. The van der Waals surface area contributed by atoms with Crippen molar-refractivity contribution in [3.8, 4) is 0 Å². The van der Waals surface area contributed by atoms with Gasteiger partial charge < -0.3 is 0 Å². The zero-order valence-corrected chi connectivity index (χ0v) is 10.5. The SMILES string of the molecule is FC(F)(F)c1ccc(C=CCCCl)c(Br)c1. The molecule has 0 aromatic heterocycles. The highest BCUT2D eigenvalue weighted by Gasteiger charge is 2.30. The van der Waals surface area contributed by atoms with E-state index < -0.39 is 11.7 Å². The molecule has 0 radical (unpaired) electrons. The van der Waals surface area contributed by atoms with Gasteiger partial charge in [0.2, 0.25) is 0 Å². The average molecular weight is 314 g/mol. The van der Waals surface area contributed by atoms with Gasteiger partial charge in [0.1, 0.15) is 0 Å². The third-order valence-electron chi connectivity index (χ3n) is 1.90. The van der Waals surface area contributed by atoms with Gasteiger partial charge in [0, 0.05) is 10.4 Å². The minimum absolute atomic E-state index is 0.424. The van der Waals surface area contributed by atoms with Crippen molar-refractivity contribution in [3.05, 3.63) is 39.9 Å². The van der Waals surface area contributed by atoms with Crippen LogP contribution in [0.2, 0.25) is 0 Å². The van der Waals surface area contributed by atoms with Crippen LogP contribution < -0.4 is 0 Å². The molecule has 1 aromatic carbocycles. The lowest BCUT2D eigenvalue weighted by Crippen LogP contribution is -2.04. The molecule has 0 spiro atoms.